The maximum Gasteiger partial charge on any atom is 0.161 e. The van der Waals surface area contributed by atoms with Gasteiger partial charge in [0.1, 0.15) is 5.69 Å². The third kappa shape index (κ3) is 2.29. The van der Waals surface area contributed by atoms with Crippen molar-refractivity contribution in [3.8, 4) is 5.75 Å². The molecule has 0 aliphatic carbocycles. The summed E-state index contributed by atoms with van der Waals surface area (Å²) in [6, 6.07) is -0.0406. The number of rotatable bonds is 5. The molecule has 1 atom stereocenters. The lowest BCUT2D eigenvalue weighted by atomic mass is 10.1. The fourth-order valence-electron chi connectivity index (χ4n) is 1.76. The molecule has 7 heteroatoms. The first kappa shape index (κ1) is 12.0. The molecule has 1 unspecified atom stereocenters. The van der Waals surface area contributed by atoms with E-state index in [1.165, 1.54) is 11.5 Å². The normalized spacial score (nSPS) is 12.6. The third-order valence-corrected chi connectivity index (χ3v) is 3.05. The van der Waals surface area contributed by atoms with Crippen LogP contribution in [-0.4, -0.2) is 33.0 Å². The van der Waals surface area contributed by atoms with Gasteiger partial charge in [-0.15, -0.1) is 5.10 Å². The molecule has 0 radical (unpaired) electrons. The fraction of sp³-hybridized carbons (Fsp3) is 0.500. The van der Waals surface area contributed by atoms with E-state index >= 15 is 0 Å². The van der Waals surface area contributed by atoms with Gasteiger partial charge in [0.05, 0.1) is 25.0 Å². The molecule has 0 spiro atoms. The van der Waals surface area contributed by atoms with E-state index in [2.05, 4.69) is 26.9 Å². The Morgan fingerprint density at radius 1 is 1.59 bits per heavy atom. The minimum atomic E-state index is -0.0406. The quantitative estimate of drug-likeness (QED) is 0.860. The SMILES string of the molecule is CCNC(c1csnn1)c1c(OC)cnn1C. The number of nitrogens with one attached hydrogen (secondary N) is 1. The molecule has 2 heterocycles. The molecule has 0 saturated carbocycles. The van der Waals surface area contributed by atoms with Crippen molar-refractivity contribution in [2.45, 2.75) is 13.0 Å². The topological polar surface area (TPSA) is 64.9 Å². The van der Waals surface area contributed by atoms with Crippen LogP contribution in [0, 0.1) is 0 Å². The van der Waals surface area contributed by atoms with E-state index in [0.29, 0.717) is 0 Å². The van der Waals surface area contributed by atoms with Gasteiger partial charge in [0.15, 0.2) is 5.75 Å². The summed E-state index contributed by atoms with van der Waals surface area (Å²) >= 11 is 1.34. The Kier molecular flexibility index (Phi) is 3.70. The summed E-state index contributed by atoms with van der Waals surface area (Å²) in [5.41, 5.74) is 1.85. The molecule has 0 aliphatic heterocycles. The van der Waals surface area contributed by atoms with E-state index in [1.807, 2.05) is 12.4 Å². The molecule has 6 nitrogen and oxygen atoms in total. The number of nitrogens with zero attached hydrogens (tertiary/aromatic N) is 4. The Labute approximate surface area is 104 Å². The zero-order valence-corrected chi connectivity index (χ0v) is 10.9. The summed E-state index contributed by atoms with van der Waals surface area (Å²) in [5, 5.41) is 13.6. The van der Waals surface area contributed by atoms with Gasteiger partial charge in [-0.3, -0.25) is 4.68 Å². The first-order valence-corrected chi connectivity index (χ1v) is 6.17. The molecule has 17 heavy (non-hydrogen) atoms. The standard InChI is InChI=1S/C10H15N5OS/c1-4-11-9(7-6-17-14-13-7)10-8(16-3)5-12-15(10)2/h5-6,9,11H,4H2,1-3H3. The lowest BCUT2D eigenvalue weighted by Crippen LogP contribution is -2.25. The second kappa shape index (κ2) is 5.24. The van der Waals surface area contributed by atoms with Gasteiger partial charge in [0.25, 0.3) is 0 Å². The van der Waals surface area contributed by atoms with Gasteiger partial charge >= 0.3 is 0 Å². The largest absolute Gasteiger partial charge is 0.493 e. The van der Waals surface area contributed by atoms with E-state index in [4.69, 9.17) is 4.74 Å². The Morgan fingerprint density at radius 3 is 3.00 bits per heavy atom. The average molecular weight is 253 g/mol. The van der Waals surface area contributed by atoms with Crippen LogP contribution in [0.3, 0.4) is 0 Å². The minimum Gasteiger partial charge on any atom is -0.493 e. The van der Waals surface area contributed by atoms with Crippen molar-refractivity contribution in [1.29, 1.82) is 0 Å². The van der Waals surface area contributed by atoms with Gasteiger partial charge in [-0.2, -0.15) is 5.10 Å². The Morgan fingerprint density at radius 2 is 2.41 bits per heavy atom. The van der Waals surface area contributed by atoms with Crippen LogP contribution in [0.2, 0.25) is 0 Å². The van der Waals surface area contributed by atoms with Crippen LogP contribution in [0.25, 0.3) is 0 Å². The maximum atomic E-state index is 5.32. The van der Waals surface area contributed by atoms with Crippen LogP contribution < -0.4 is 10.1 Å². The van der Waals surface area contributed by atoms with Gasteiger partial charge in [-0.25, -0.2) is 0 Å². The van der Waals surface area contributed by atoms with E-state index in [-0.39, 0.29) is 6.04 Å². The Hall–Kier alpha value is -1.47. The lowest BCUT2D eigenvalue weighted by Gasteiger charge is -2.16. The number of methoxy groups -OCH3 is 1. The molecular weight excluding hydrogens is 238 g/mol. The van der Waals surface area contributed by atoms with Gasteiger partial charge in [-0.1, -0.05) is 11.4 Å². The van der Waals surface area contributed by atoms with Gasteiger partial charge in [0, 0.05) is 12.4 Å². The highest BCUT2D eigenvalue weighted by Gasteiger charge is 2.23. The van der Waals surface area contributed by atoms with Crippen molar-refractivity contribution in [2.24, 2.45) is 7.05 Å². The van der Waals surface area contributed by atoms with E-state index < -0.39 is 0 Å². The minimum absolute atomic E-state index is 0.0406. The zero-order chi connectivity index (χ0) is 12.3. The lowest BCUT2D eigenvalue weighted by molar-refractivity contribution is 0.400. The number of ether oxygens (including phenoxy) is 1. The van der Waals surface area contributed by atoms with Crippen LogP contribution in [0.4, 0.5) is 0 Å². The Balaban J connectivity index is 2.42. The van der Waals surface area contributed by atoms with Crippen LogP contribution in [-0.2, 0) is 7.05 Å². The first-order chi connectivity index (χ1) is 8.27. The van der Waals surface area contributed by atoms with Crippen molar-refractivity contribution < 1.29 is 4.74 Å². The smallest absolute Gasteiger partial charge is 0.161 e. The second-order valence-electron chi connectivity index (χ2n) is 3.54. The van der Waals surface area contributed by atoms with Gasteiger partial charge in [-0.05, 0) is 18.1 Å². The molecule has 0 saturated heterocycles. The predicted molar refractivity (Wildman–Crippen MR) is 65.2 cm³/mol. The summed E-state index contributed by atoms with van der Waals surface area (Å²) in [5.74, 6) is 0.756. The molecule has 1 N–H and O–H groups in total. The van der Waals surface area contributed by atoms with Crippen LogP contribution in [0.15, 0.2) is 11.6 Å². The van der Waals surface area contributed by atoms with Crippen molar-refractivity contribution >= 4 is 11.5 Å². The maximum absolute atomic E-state index is 5.32. The number of hydrogen-bond donors (Lipinski definition) is 1. The molecule has 2 aromatic heterocycles. The molecule has 2 aromatic rings. The average Bonchev–Trinajstić information content (AvgIpc) is 2.95. The molecule has 0 aromatic carbocycles. The monoisotopic (exact) mass is 253 g/mol. The van der Waals surface area contributed by atoms with Crippen LogP contribution >= 0.6 is 11.5 Å². The first-order valence-electron chi connectivity index (χ1n) is 5.34. The van der Waals surface area contributed by atoms with Gasteiger partial charge in [0.2, 0.25) is 0 Å². The zero-order valence-electron chi connectivity index (χ0n) is 10.0. The van der Waals surface area contributed by atoms with Crippen molar-refractivity contribution in [3.63, 3.8) is 0 Å². The molecule has 2 rings (SSSR count). The fourth-order valence-corrected chi connectivity index (χ4v) is 2.24. The van der Waals surface area contributed by atoms with Crippen molar-refractivity contribution in [2.75, 3.05) is 13.7 Å². The molecule has 0 bridgehead atoms. The van der Waals surface area contributed by atoms with Crippen LogP contribution in [0.5, 0.6) is 5.75 Å². The van der Waals surface area contributed by atoms with E-state index in [9.17, 15) is 0 Å². The third-order valence-electron chi connectivity index (χ3n) is 2.52. The van der Waals surface area contributed by atoms with Crippen LogP contribution in [0.1, 0.15) is 24.4 Å². The predicted octanol–water partition coefficient (Wildman–Crippen LogP) is 0.979. The summed E-state index contributed by atoms with van der Waals surface area (Å²) in [6.07, 6.45) is 1.71. The highest BCUT2D eigenvalue weighted by atomic mass is 32.1. The summed E-state index contributed by atoms with van der Waals surface area (Å²) in [7, 11) is 3.53. The van der Waals surface area contributed by atoms with Crippen molar-refractivity contribution in [1.82, 2.24) is 24.7 Å². The summed E-state index contributed by atoms with van der Waals surface area (Å²) in [4.78, 5) is 0. The summed E-state index contributed by atoms with van der Waals surface area (Å²) < 4.78 is 11.0. The molecular formula is C10H15N5OS. The summed E-state index contributed by atoms with van der Waals surface area (Å²) in [6.45, 7) is 2.88. The van der Waals surface area contributed by atoms with E-state index in [0.717, 1.165) is 23.7 Å². The van der Waals surface area contributed by atoms with Crippen molar-refractivity contribution in [3.05, 3.63) is 23.0 Å². The number of aromatic nitrogens is 4. The molecule has 0 fully saturated rings. The Bertz CT molecular complexity index is 467. The highest BCUT2D eigenvalue weighted by molar-refractivity contribution is 7.03. The molecule has 0 aliphatic rings. The molecule has 0 amide bonds. The number of hydrogen-bond acceptors (Lipinski definition) is 6. The second-order valence-corrected chi connectivity index (χ2v) is 4.15. The van der Waals surface area contributed by atoms with Gasteiger partial charge < -0.3 is 10.1 Å². The highest BCUT2D eigenvalue weighted by Crippen LogP contribution is 2.28. The van der Waals surface area contributed by atoms with E-state index in [1.54, 1.807) is 18.0 Å². The molecule has 92 valence electrons. The number of aryl methyl sites for hydroxylation is 1.